The molecule has 0 unspecified atom stereocenters. The van der Waals surface area contributed by atoms with Crippen LogP contribution in [0, 0.1) is 11.6 Å². The fourth-order valence-electron chi connectivity index (χ4n) is 2.30. The highest BCUT2D eigenvalue weighted by atomic mass is 32.1. The van der Waals surface area contributed by atoms with Crippen LogP contribution in [0.2, 0.25) is 0 Å². The molecule has 1 aromatic carbocycles. The molecule has 2 heterocycles. The molecule has 7 heteroatoms. The van der Waals surface area contributed by atoms with Crippen molar-refractivity contribution in [1.82, 2.24) is 4.98 Å². The minimum atomic E-state index is -0.624. The van der Waals surface area contributed by atoms with Crippen molar-refractivity contribution in [2.45, 2.75) is 25.9 Å². The van der Waals surface area contributed by atoms with Gasteiger partial charge in [0.25, 0.3) is 0 Å². The van der Waals surface area contributed by atoms with Crippen LogP contribution in [0.1, 0.15) is 24.3 Å². The monoisotopic (exact) mass is 338 g/mol. The zero-order valence-electron chi connectivity index (χ0n) is 12.4. The van der Waals surface area contributed by atoms with Crippen molar-refractivity contribution in [3.05, 3.63) is 40.2 Å². The first-order valence-corrected chi connectivity index (χ1v) is 8.26. The van der Waals surface area contributed by atoms with Crippen molar-refractivity contribution in [2.24, 2.45) is 5.16 Å². The molecule has 0 radical (unpaired) electrons. The van der Waals surface area contributed by atoms with Crippen LogP contribution in [-0.4, -0.2) is 23.9 Å². The Morgan fingerprint density at radius 1 is 1.22 bits per heavy atom. The number of oxime groups is 1. The third-order valence-corrected chi connectivity index (χ3v) is 4.26. The molecule has 0 atom stereocenters. The molecule has 23 heavy (non-hydrogen) atoms. The molecular weight excluding hydrogens is 322 g/mol. The van der Waals surface area contributed by atoms with Gasteiger partial charge in [-0.25, -0.2) is 13.8 Å². The number of aromatic nitrogens is 1. The van der Waals surface area contributed by atoms with Crippen LogP contribution in [0.25, 0.3) is 11.3 Å². The summed E-state index contributed by atoms with van der Waals surface area (Å²) in [7, 11) is 0. The van der Waals surface area contributed by atoms with Crippen LogP contribution in [0.3, 0.4) is 0 Å². The summed E-state index contributed by atoms with van der Waals surface area (Å²) >= 11 is 1.29. The Morgan fingerprint density at radius 2 is 2.04 bits per heavy atom. The van der Waals surface area contributed by atoms with Gasteiger partial charge in [-0.15, -0.1) is 11.3 Å². The lowest BCUT2D eigenvalue weighted by Gasteiger charge is -2.02. The number of rotatable bonds is 4. The zero-order valence-corrected chi connectivity index (χ0v) is 13.2. The molecule has 0 aliphatic carbocycles. The van der Waals surface area contributed by atoms with Gasteiger partial charge in [-0.3, -0.25) is 0 Å². The van der Waals surface area contributed by atoms with E-state index in [1.165, 1.54) is 29.5 Å². The molecule has 1 fully saturated rings. The number of hydrogen-bond acceptors (Lipinski definition) is 5. The van der Waals surface area contributed by atoms with Crippen molar-refractivity contribution in [3.63, 3.8) is 0 Å². The van der Waals surface area contributed by atoms with Crippen molar-refractivity contribution >= 4 is 17.0 Å². The molecule has 0 spiro atoms. The summed E-state index contributed by atoms with van der Waals surface area (Å²) in [6, 6.07) is 3.76. The molecule has 0 saturated carbocycles. The lowest BCUT2D eigenvalue weighted by atomic mass is 10.1. The van der Waals surface area contributed by atoms with E-state index in [1.807, 2.05) is 0 Å². The zero-order chi connectivity index (χ0) is 16.1. The van der Waals surface area contributed by atoms with Gasteiger partial charge in [-0.05, 0) is 25.0 Å². The van der Waals surface area contributed by atoms with Crippen LogP contribution in [0.5, 0.6) is 0 Å². The Kier molecular flexibility index (Phi) is 5.30. The van der Waals surface area contributed by atoms with E-state index in [-0.39, 0.29) is 17.9 Å². The van der Waals surface area contributed by atoms with Gasteiger partial charge in [0, 0.05) is 18.4 Å². The van der Waals surface area contributed by atoms with Crippen LogP contribution in [0.15, 0.2) is 28.7 Å². The maximum absolute atomic E-state index is 13.7. The summed E-state index contributed by atoms with van der Waals surface area (Å²) in [5, 5.41) is 6.35. The van der Waals surface area contributed by atoms with Gasteiger partial charge in [0.2, 0.25) is 0 Å². The Labute approximate surface area is 136 Å². The average Bonchev–Trinajstić information content (AvgIpc) is 2.82. The largest absolute Gasteiger partial charge is 0.388 e. The predicted octanol–water partition coefficient (Wildman–Crippen LogP) is 4.16. The average molecular weight is 338 g/mol. The van der Waals surface area contributed by atoms with Crippen molar-refractivity contribution in [1.29, 1.82) is 0 Å². The Balaban J connectivity index is 1.64. The van der Waals surface area contributed by atoms with Gasteiger partial charge in [0.1, 0.15) is 16.6 Å². The number of hydrogen-bond donors (Lipinski definition) is 0. The first kappa shape index (κ1) is 16.0. The van der Waals surface area contributed by atoms with Gasteiger partial charge in [-0.2, -0.15) is 0 Å². The molecule has 0 amide bonds. The Morgan fingerprint density at radius 3 is 2.87 bits per heavy atom. The summed E-state index contributed by atoms with van der Waals surface area (Å²) in [4.78, 5) is 9.54. The normalized spacial score (nSPS) is 17.2. The topological polar surface area (TPSA) is 43.7 Å². The third kappa shape index (κ3) is 4.11. The molecule has 1 saturated heterocycles. The van der Waals surface area contributed by atoms with Gasteiger partial charge in [-0.1, -0.05) is 11.2 Å². The minimum Gasteiger partial charge on any atom is -0.388 e. The van der Waals surface area contributed by atoms with E-state index in [9.17, 15) is 8.78 Å². The standard InChI is InChI=1S/C16H16F2N2O2S/c17-12-4-1-5-13(18)16(12)14-10-23-15(19-14)9-22-20-11-3-2-7-21-8-6-11/h1,4-5,10H,2-3,6-9H2. The highest BCUT2D eigenvalue weighted by Gasteiger charge is 2.14. The molecule has 2 aromatic rings. The van der Waals surface area contributed by atoms with E-state index in [2.05, 4.69) is 10.1 Å². The summed E-state index contributed by atoms with van der Waals surface area (Å²) < 4.78 is 32.8. The second-order valence-corrected chi connectivity index (χ2v) is 6.06. The van der Waals surface area contributed by atoms with Crippen molar-refractivity contribution in [3.8, 4) is 11.3 Å². The molecule has 4 nitrogen and oxygen atoms in total. The van der Waals surface area contributed by atoms with E-state index in [0.29, 0.717) is 11.6 Å². The van der Waals surface area contributed by atoms with Crippen molar-refractivity contribution < 1.29 is 18.4 Å². The van der Waals surface area contributed by atoms with Crippen LogP contribution >= 0.6 is 11.3 Å². The smallest absolute Gasteiger partial charge is 0.168 e. The third-order valence-electron chi connectivity index (χ3n) is 3.44. The molecule has 122 valence electrons. The number of halogens is 2. The number of benzene rings is 1. The summed E-state index contributed by atoms with van der Waals surface area (Å²) in [5.74, 6) is -1.25. The lowest BCUT2D eigenvalue weighted by Crippen LogP contribution is -2.00. The molecule has 3 rings (SSSR count). The number of ether oxygens (including phenoxy) is 1. The van der Waals surface area contributed by atoms with E-state index in [0.717, 1.165) is 31.6 Å². The fourth-order valence-corrected chi connectivity index (χ4v) is 2.99. The van der Waals surface area contributed by atoms with Crippen LogP contribution in [0.4, 0.5) is 8.78 Å². The number of thiazole rings is 1. The van der Waals surface area contributed by atoms with E-state index in [4.69, 9.17) is 9.57 Å². The van der Waals surface area contributed by atoms with E-state index in [1.54, 1.807) is 5.38 Å². The molecule has 0 bridgehead atoms. The lowest BCUT2D eigenvalue weighted by molar-refractivity contribution is 0.128. The highest BCUT2D eigenvalue weighted by molar-refractivity contribution is 7.09. The molecular formula is C16H16F2N2O2S. The minimum absolute atomic E-state index is 0.109. The molecule has 0 N–H and O–H groups in total. The highest BCUT2D eigenvalue weighted by Crippen LogP contribution is 2.27. The fraction of sp³-hybridized carbons (Fsp3) is 0.375. The summed E-state index contributed by atoms with van der Waals surface area (Å²) in [6.45, 7) is 1.60. The second kappa shape index (κ2) is 7.61. The first-order chi connectivity index (χ1) is 11.2. The van der Waals surface area contributed by atoms with Crippen LogP contribution < -0.4 is 0 Å². The van der Waals surface area contributed by atoms with E-state index < -0.39 is 11.6 Å². The SMILES string of the molecule is Fc1cccc(F)c1-c1csc(CON=C2CCCOCC2)n1. The predicted molar refractivity (Wildman–Crippen MR) is 84.4 cm³/mol. The van der Waals surface area contributed by atoms with E-state index >= 15 is 0 Å². The maximum Gasteiger partial charge on any atom is 0.168 e. The van der Waals surface area contributed by atoms with Gasteiger partial charge in [0.05, 0.1) is 23.6 Å². The maximum atomic E-state index is 13.7. The molecule has 1 aromatic heterocycles. The van der Waals surface area contributed by atoms with Gasteiger partial charge in [0.15, 0.2) is 6.61 Å². The molecule has 1 aliphatic rings. The van der Waals surface area contributed by atoms with Crippen LogP contribution in [-0.2, 0) is 16.2 Å². The van der Waals surface area contributed by atoms with Crippen molar-refractivity contribution in [2.75, 3.05) is 13.2 Å². The quantitative estimate of drug-likeness (QED) is 0.786. The van der Waals surface area contributed by atoms with Gasteiger partial charge < -0.3 is 9.57 Å². The first-order valence-electron chi connectivity index (χ1n) is 7.38. The summed E-state index contributed by atoms with van der Waals surface area (Å²) in [6.07, 6.45) is 2.57. The Bertz CT molecular complexity index is 673. The summed E-state index contributed by atoms with van der Waals surface area (Å²) in [5.41, 5.74) is 1.14. The number of nitrogens with zero attached hydrogens (tertiary/aromatic N) is 2. The van der Waals surface area contributed by atoms with Gasteiger partial charge >= 0.3 is 0 Å². The Hall–Kier alpha value is -1.86. The molecule has 1 aliphatic heterocycles. The second-order valence-electron chi connectivity index (χ2n) is 5.12.